The number of amides is 1. The monoisotopic (exact) mass is 308 g/mol. The molecule has 1 amide bonds. The van der Waals surface area contributed by atoms with Crippen LogP contribution in [0.5, 0.6) is 0 Å². The third-order valence-electron chi connectivity index (χ3n) is 3.07. The lowest BCUT2D eigenvalue weighted by Gasteiger charge is -2.23. The van der Waals surface area contributed by atoms with E-state index in [4.69, 9.17) is 16.0 Å². The fraction of sp³-hybridized carbons (Fsp3) is 0.214. The summed E-state index contributed by atoms with van der Waals surface area (Å²) >= 11 is 7.28. The number of nitrogens with one attached hydrogen (secondary N) is 1. The number of alkyl halides is 1. The number of hydrazine groups is 1. The molecule has 20 heavy (non-hydrogen) atoms. The van der Waals surface area contributed by atoms with E-state index in [1.165, 1.54) is 0 Å². The zero-order chi connectivity index (χ0) is 14.1. The fourth-order valence-corrected chi connectivity index (χ4v) is 3.05. The lowest BCUT2D eigenvalue weighted by molar-refractivity contribution is -0.131. The zero-order valence-electron chi connectivity index (χ0n) is 10.8. The van der Waals surface area contributed by atoms with Gasteiger partial charge in [-0.3, -0.25) is 10.2 Å². The van der Waals surface area contributed by atoms with Gasteiger partial charge in [-0.2, -0.15) is 0 Å². The maximum absolute atomic E-state index is 12.0. The van der Waals surface area contributed by atoms with Gasteiger partial charge in [0.1, 0.15) is 17.7 Å². The molecular weight excluding hydrogens is 296 g/mol. The quantitative estimate of drug-likeness (QED) is 0.885. The second kappa shape index (κ2) is 5.34. The van der Waals surface area contributed by atoms with E-state index in [0.29, 0.717) is 5.76 Å². The number of nitrogens with zero attached hydrogens (tertiary/aromatic N) is 1. The Balaban J connectivity index is 1.94. The second-order valence-electron chi connectivity index (χ2n) is 4.46. The summed E-state index contributed by atoms with van der Waals surface area (Å²) in [6, 6.07) is 7.59. The van der Waals surface area contributed by atoms with Crippen LogP contribution in [-0.4, -0.2) is 16.8 Å². The van der Waals surface area contributed by atoms with Gasteiger partial charge in [-0.25, -0.2) is 5.01 Å². The van der Waals surface area contributed by atoms with Crippen molar-refractivity contribution < 1.29 is 9.21 Å². The van der Waals surface area contributed by atoms with Gasteiger partial charge in [-0.05, 0) is 36.6 Å². The molecule has 1 atom stereocenters. The number of thiophene rings is 1. The average molecular weight is 309 g/mol. The first-order valence-electron chi connectivity index (χ1n) is 6.16. The topological polar surface area (TPSA) is 45.5 Å². The van der Waals surface area contributed by atoms with E-state index in [1.807, 2.05) is 42.6 Å². The largest absolute Gasteiger partial charge is 0.460 e. The van der Waals surface area contributed by atoms with Crippen LogP contribution in [0, 0.1) is 6.92 Å². The molecule has 0 unspecified atom stereocenters. The number of carbonyl (C=O) groups excluding carboxylic acids is 1. The molecule has 2 aromatic heterocycles. The summed E-state index contributed by atoms with van der Waals surface area (Å²) in [6.07, 6.45) is 1.98. The lowest BCUT2D eigenvalue weighted by Crippen LogP contribution is -2.40. The third kappa shape index (κ3) is 2.34. The molecule has 0 aliphatic carbocycles. The van der Waals surface area contributed by atoms with Crippen molar-refractivity contribution in [3.05, 3.63) is 52.1 Å². The molecule has 104 valence electrons. The molecule has 1 N–H and O–H groups in total. The standard InChI is InChI=1S/C14H13ClN2O2S/c1-9-4-5-12(19-9)10-7-11(13-3-2-6-20-13)17(16-10)14(18)8-15/h2-7,11,16H,8H2,1H3/t11-/m0/s1. The molecule has 2 aromatic rings. The highest BCUT2D eigenvalue weighted by molar-refractivity contribution is 7.10. The van der Waals surface area contributed by atoms with Crippen LogP contribution in [0.1, 0.15) is 22.4 Å². The van der Waals surface area contributed by atoms with Gasteiger partial charge in [0.15, 0.2) is 5.76 Å². The minimum Gasteiger partial charge on any atom is -0.460 e. The maximum atomic E-state index is 12.0. The Kier molecular flexibility index (Phi) is 3.54. The molecule has 0 saturated heterocycles. The Morgan fingerprint density at radius 2 is 2.35 bits per heavy atom. The Hall–Kier alpha value is -1.72. The maximum Gasteiger partial charge on any atom is 0.256 e. The van der Waals surface area contributed by atoms with Crippen molar-refractivity contribution in [2.75, 3.05) is 5.88 Å². The molecule has 3 rings (SSSR count). The lowest BCUT2D eigenvalue weighted by atomic mass is 10.2. The Labute approximate surface area is 125 Å². The summed E-state index contributed by atoms with van der Waals surface area (Å²) in [4.78, 5) is 13.1. The summed E-state index contributed by atoms with van der Waals surface area (Å²) in [7, 11) is 0. The first kappa shape index (κ1) is 13.3. The highest BCUT2D eigenvalue weighted by Crippen LogP contribution is 2.34. The molecule has 0 radical (unpaired) electrons. The van der Waals surface area contributed by atoms with Gasteiger partial charge >= 0.3 is 0 Å². The third-order valence-corrected chi connectivity index (χ3v) is 4.24. The van der Waals surface area contributed by atoms with Crippen molar-refractivity contribution in [2.24, 2.45) is 0 Å². The highest BCUT2D eigenvalue weighted by Gasteiger charge is 2.31. The number of furan rings is 1. The molecule has 6 heteroatoms. The molecule has 4 nitrogen and oxygen atoms in total. The van der Waals surface area contributed by atoms with Gasteiger partial charge in [-0.15, -0.1) is 22.9 Å². The molecule has 0 aromatic carbocycles. The van der Waals surface area contributed by atoms with Gasteiger partial charge in [-0.1, -0.05) is 6.07 Å². The zero-order valence-corrected chi connectivity index (χ0v) is 12.4. The predicted octanol–water partition coefficient (Wildman–Crippen LogP) is 3.32. The molecule has 0 bridgehead atoms. The van der Waals surface area contributed by atoms with Crippen LogP contribution < -0.4 is 5.43 Å². The van der Waals surface area contributed by atoms with Crippen LogP contribution in [0.25, 0.3) is 5.70 Å². The normalized spacial score (nSPS) is 18.0. The van der Waals surface area contributed by atoms with E-state index in [-0.39, 0.29) is 17.8 Å². The second-order valence-corrected chi connectivity index (χ2v) is 5.71. The average Bonchev–Trinajstić information content (AvgIpc) is 3.16. The van der Waals surface area contributed by atoms with E-state index in [9.17, 15) is 4.79 Å². The van der Waals surface area contributed by atoms with Crippen molar-refractivity contribution in [3.8, 4) is 0 Å². The van der Waals surface area contributed by atoms with Crippen molar-refractivity contribution in [1.82, 2.24) is 10.4 Å². The minimum atomic E-state index is -0.167. The molecule has 3 heterocycles. The number of hydrogen-bond acceptors (Lipinski definition) is 4. The van der Waals surface area contributed by atoms with E-state index in [0.717, 1.165) is 16.3 Å². The van der Waals surface area contributed by atoms with E-state index < -0.39 is 0 Å². The first-order chi connectivity index (χ1) is 9.69. The van der Waals surface area contributed by atoms with Crippen molar-refractivity contribution in [2.45, 2.75) is 13.0 Å². The van der Waals surface area contributed by atoms with Gasteiger partial charge in [0.2, 0.25) is 0 Å². The van der Waals surface area contributed by atoms with Crippen LogP contribution in [0.4, 0.5) is 0 Å². The van der Waals surface area contributed by atoms with Crippen LogP contribution in [0.3, 0.4) is 0 Å². The van der Waals surface area contributed by atoms with Crippen molar-refractivity contribution in [3.63, 3.8) is 0 Å². The molecule has 0 spiro atoms. The van der Waals surface area contributed by atoms with Gasteiger partial charge in [0, 0.05) is 4.88 Å². The number of hydrogen-bond donors (Lipinski definition) is 1. The molecule has 1 aliphatic rings. The SMILES string of the molecule is Cc1ccc(C2=C[C@@H](c3cccs3)N(C(=O)CCl)N2)o1. The summed E-state index contributed by atoms with van der Waals surface area (Å²) in [5, 5.41) is 3.54. The fourth-order valence-electron chi connectivity index (χ4n) is 2.14. The minimum absolute atomic E-state index is 0.0623. The Morgan fingerprint density at radius 1 is 1.50 bits per heavy atom. The van der Waals surface area contributed by atoms with Crippen LogP contribution in [-0.2, 0) is 4.79 Å². The predicted molar refractivity (Wildman–Crippen MR) is 79.2 cm³/mol. The van der Waals surface area contributed by atoms with E-state index >= 15 is 0 Å². The summed E-state index contributed by atoms with van der Waals surface area (Å²) in [5.74, 6) is 1.32. The Bertz CT molecular complexity index is 648. The number of aryl methyl sites for hydroxylation is 1. The number of rotatable bonds is 3. The highest BCUT2D eigenvalue weighted by atomic mass is 35.5. The van der Waals surface area contributed by atoms with E-state index in [1.54, 1.807) is 16.3 Å². The van der Waals surface area contributed by atoms with Gasteiger partial charge in [0.05, 0.1) is 5.70 Å². The molecule has 1 aliphatic heterocycles. The van der Waals surface area contributed by atoms with Crippen molar-refractivity contribution >= 4 is 34.5 Å². The van der Waals surface area contributed by atoms with E-state index in [2.05, 4.69) is 5.43 Å². The molecular formula is C14H13ClN2O2S. The number of carbonyl (C=O) groups is 1. The summed E-state index contributed by atoms with van der Waals surface area (Å²) in [5.41, 5.74) is 3.87. The van der Waals surface area contributed by atoms with Crippen LogP contribution >= 0.6 is 22.9 Å². The first-order valence-corrected chi connectivity index (χ1v) is 7.57. The smallest absolute Gasteiger partial charge is 0.256 e. The molecule has 0 fully saturated rings. The molecule has 0 saturated carbocycles. The van der Waals surface area contributed by atoms with Crippen LogP contribution in [0.15, 0.2) is 40.1 Å². The Morgan fingerprint density at radius 3 is 2.95 bits per heavy atom. The summed E-state index contributed by atoms with van der Waals surface area (Å²) < 4.78 is 5.60. The van der Waals surface area contributed by atoms with Gasteiger partial charge in [0.25, 0.3) is 5.91 Å². The van der Waals surface area contributed by atoms with Gasteiger partial charge < -0.3 is 4.42 Å². The number of halogens is 1. The van der Waals surface area contributed by atoms with Crippen molar-refractivity contribution in [1.29, 1.82) is 0 Å². The summed E-state index contributed by atoms with van der Waals surface area (Å²) in [6.45, 7) is 1.89. The van der Waals surface area contributed by atoms with Crippen LogP contribution in [0.2, 0.25) is 0 Å².